The molecular weight excluding hydrogens is 352 g/mol. The molecule has 2 aromatic rings. The average Bonchev–Trinajstić information content (AvgIpc) is 2.90. The largest absolute Gasteiger partial charge is 0.349 e. The molecule has 0 unspecified atom stereocenters. The van der Waals surface area contributed by atoms with Gasteiger partial charge in [-0.15, -0.1) is 0 Å². The van der Waals surface area contributed by atoms with Gasteiger partial charge in [-0.3, -0.25) is 14.4 Å². The predicted octanol–water partition coefficient (Wildman–Crippen LogP) is 4.06. The number of carbonyl (C=O) groups is 3. The number of carbonyl (C=O) groups excluding carboxylic acids is 3. The van der Waals surface area contributed by atoms with Gasteiger partial charge in [0.2, 0.25) is 0 Å². The lowest BCUT2D eigenvalue weighted by molar-refractivity contribution is 0.0920. The summed E-state index contributed by atoms with van der Waals surface area (Å²) in [7, 11) is 0. The van der Waals surface area contributed by atoms with Crippen LogP contribution in [0.5, 0.6) is 0 Å². The van der Waals surface area contributed by atoms with E-state index in [2.05, 4.69) is 5.32 Å². The Morgan fingerprint density at radius 2 is 1.69 bits per heavy atom. The lowest BCUT2D eigenvalue weighted by Gasteiger charge is -2.15. The molecule has 1 heterocycles. The van der Waals surface area contributed by atoms with E-state index in [-0.39, 0.29) is 23.1 Å². The van der Waals surface area contributed by atoms with Crippen molar-refractivity contribution in [3.05, 3.63) is 64.2 Å². The van der Waals surface area contributed by atoms with Gasteiger partial charge in [-0.2, -0.15) is 0 Å². The van der Waals surface area contributed by atoms with Crippen molar-refractivity contribution in [3.63, 3.8) is 0 Å². The highest BCUT2D eigenvalue weighted by Gasteiger charge is 2.38. The highest BCUT2D eigenvalue weighted by Crippen LogP contribution is 2.33. The Morgan fingerprint density at radius 3 is 2.35 bits per heavy atom. The molecule has 0 bridgehead atoms. The van der Waals surface area contributed by atoms with Gasteiger partial charge in [-0.05, 0) is 43.2 Å². The molecule has 5 nitrogen and oxygen atoms in total. The Labute approximate surface area is 156 Å². The van der Waals surface area contributed by atoms with Crippen LogP contribution >= 0.6 is 11.6 Å². The number of hydrogen-bond acceptors (Lipinski definition) is 3. The molecule has 0 aromatic heterocycles. The van der Waals surface area contributed by atoms with E-state index in [1.165, 1.54) is 12.1 Å². The van der Waals surface area contributed by atoms with Gasteiger partial charge in [0.15, 0.2) is 0 Å². The second kappa shape index (κ2) is 7.30. The number of fused-ring (bicyclic) bond motifs is 1. The van der Waals surface area contributed by atoms with E-state index in [1.807, 2.05) is 13.8 Å². The fourth-order valence-electron chi connectivity index (χ4n) is 3.00. The normalized spacial score (nSPS) is 13.3. The lowest BCUT2D eigenvalue weighted by atomic mass is 10.0. The maximum Gasteiger partial charge on any atom is 0.266 e. The first-order valence-corrected chi connectivity index (χ1v) is 8.93. The molecule has 3 amide bonds. The molecule has 0 radical (unpaired) electrons. The van der Waals surface area contributed by atoms with Crippen molar-refractivity contribution in [2.45, 2.75) is 32.7 Å². The Bertz CT molecular complexity index is 890. The van der Waals surface area contributed by atoms with Gasteiger partial charge in [0.05, 0.1) is 21.8 Å². The minimum Gasteiger partial charge on any atom is -0.349 e. The van der Waals surface area contributed by atoms with E-state index in [0.717, 1.165) is 17.7 Å². The molecule has 1 aliphatic rings. The van der Waals surface area contributed by atoms with Crippen LogP contribution in [0.25, 0.3) is 0 Å². The number of amides is 3. The van der Waals surface area contributed by atoms with E-state index in [9.17, 15) is 14.4 Å². The fourth-order valence-corrected chi connectivity index (χ4v) is 3.22. The van der Waals surface area contributed by atoms with Crippen molar-refractivity contribution in [2.24, 2.45) is 0 Å². The molecule has 0 saturated carbocycles. The smallest absolute Gasteiger partial charge is 0.266 e. The van der Waals surface area contributed by atoms with Crippen LogP contribution in [0.2, 0.25) is 5.02 Å². The Balaban J connectivity index is 1.93. The summed E-state index contributed by atoms with van der Waals surface area (Å²) in [6.07, 6.45) is 1.65. The summed E-state index contributed by atoms with van der Waals surface area (Å²) in [6, 6.07) is 11.3. The summed E-state index contributed by atoms with van der Waals surface area (Å²) in [5, 5.41) is 3.25. The third-order valence-electron chi connectivity index (χ3n) is 4.56. The fraction of sp³-hybridized carbons (Fsp3) is 0.250. The monoisotopic (exact) mass is 370 g/mol. The van der Waals surface area contributed by atoms with Crippen LogP contribution in [0, 0.1) is 0 Å². The second-order valence-electron chi connectivity index (χ2n) is 6.14. The number of halogens is 1. The predicted molar refractivity (Wildman–Crippen MR) is 101 cm³/mol. The summed E-state index contributed by atoms with van der Waals surface area (Å²) in [4.78, 5) is 38.9. The third-order valence-corrected chi connectivity index (χ3v) is 4.88. The minimum absolute atomic E-state index is 0.0766. The van der Waals surface area contributed by atoms with Gasteiger partial charge in [0.1, 0.15) is 0 Å². The van der Waals surface area contributed by atoms with Crippen molar-refractivity contribution >= 4 is 35.0 Å². The summed E-state index contributed by atoms with van der Waals surface area (Å²) in [6.45, 7) is 4.00. The molecule has 1 aliphatic heterocycles. The van der Waals surface area contributed by atoms with Crippen molar-refractivity contribution in [1.82, 2.24) is 5.32 Å². The molecule has 0 saturated heterocycles. The number of benzene rings is 2. The number of para-hydroxylation sites is 1. The number of nitrogens with zero attached hydrogens (tertiary/aromatic N) is 1. The number of anilines is 1. The van der Waals surface area contributed by atoms with E-state index in [0.29, 0.717) is 16.3 Å². The Morgan fingerprint density at radius 1 is 1.04 bits per heavy atom. The quantitative estimate of drug-likeness (QED) is 0.807. The van der Waals surface area contributed by atoms with Crippen LogP contribution in [-0.4, -0.2) is 23.8 Å². The standard InChI is InChI=1S/C20H19ClN2O3/c1-3-13(4-2)22-18(24)12-9-10-14-15(11-12)20(26)23(19(14)25)17-8-6-5-7-16(17)21/h5-11,13H,3-4H2,1-2H3,(H,22,24). The molecular formula is C20H19ClN2O3. The average molecular weight is 371 g/mol. The van der Waals surface area contributed by atoms with Crippen molar-refractivity contribution in [1.29, 1.82) is 0 Å². The van der Waals surface area contributed by atoms with E-state index in [1.54, 1.807) is 30.3 Å². The molecule has 0 fully saturated rings. The van der Waals surface area contributed by atoms with Gasteiger partial charge in [0, 0.05) is 11.6 Å². The maximum atomic E-state index is 12.8. The van der Waals surface area contributed by atoms with Gasteiger partial charge in [-0.25, -0.2) is 4.90 Å². The molecule has 134 valence electrons. The minimum atomic E-state index is -0.477. The first kappa shape index (κ1) is 18.1. The van der Waals surface area contributed by atoms with Gasteiger partial charge >= 0.3 is 0 Å². The number of rotatable bonds is 5. The first-order chi connectivity index (χ1) is 12.5. The first-order valence-electron chi connectivity index (χ1n) is 8.56. The molecule has 6 heteroatoms. The maximum absolute atomic E-state index is 12.8. The topological polar surface area (TPSA) is 66.5 Å². The molecule has 0 aliphatic carbocycles. The van der Waals surface area contributed by atoms with E-state index in [4.69, 9.17) is 11.6 Å². The van der Waals surface area contributed by atoms with Gasteiger partial charge in [0.25, 0.3) is 17.7 Å². The molecule has 0 spiro atoms. The van der Waals surface area contributed by atoms with Gasteiger partial charge < -0.3 is 5.32 Å². The third kappa shape index (κ3) is 3.10. The van der Waals surface area contributed by atoms with Crippen LogP contribution in [-0.2, 0) is 0 Å². The van der Waals surface area contributed by atoms with E-state index >= 15 is 0 Å². The second-order valence-corrected chi connectivity index (χ2v) is 6.55. The molecule has 0 atom stereocenters. The van der Waals surface area contributed by atoms with Crippen LogP contribution in [0.15, 0.2) is 42.5 Å². The molecule has 1 N–H and O–H groups in total. The Hall–Kier alpha value is -2.66. The van der Waals surface area contributed by atoms with Gasteiger partial charge in [-0.1, -0.05) is 37.6 Å². The van der Waals surface area contributed by atoms with Crippen LogP contribution in [0.4, 0.5) is 5.69 Å². The number of imide groups is 1. The zero-order valence-electron chi connectivity index (χ0n) is 14.6. The number of nitrogens with one attached hydrogen (secondary N) is 1. The zero-order chi connectivity index (χ0) is 18.8. The summed E-state index contributed by atoms with van der Waals surface area (Å²) >= 11 is 6.14. The SMILES string of the molecule is CCC(CC)NC(=O)c1ccc2c(c1)C(=O)N(c1ccccc1Cl)C2=O. The van der Waals surface area contributed by atoms with Crippen molar-refractivity contribution in [3.8, 4) is 0 Å². The highest BCUT2D eigenvalue weighted by molar-refractivity contribution is 6.39. The summed E-state index contributed by atoms with van der Waals surface area (Å²) < 4.78 is 0. The summed E-state index contributed by atoms with van der Waals surface area (Å²) in [5.74, 6) is -1.17. The number of hydrogen-bond donors (Lipinski definition) is 1. The molecule has 2 aromatic carbocycles. The summed E-state index contributed by atoms with van der Waals surface area (Å²) in [5.41, 5.74) is 1.18. The molecule has 26 heavy (non-hydrogen) atoms. The van der Waals surface area contributed by atoms with Crippen LogP contribution < -0.4 is 10.2 Å². The Kier molecular flexibility index (Phi) is 5.09. The van der Waals surface area contributed by atoms with Crippen LogP contribution in [0.3, 0.4) is 0 Å². The zero-order valence-corrected chi connectivity index (χ0v) is 15.3. The molecule has 3 rings (SSSR count). The highest BCUT2D eigenvalue weighted by atomic mass is 35.5. The van der Waals surface area contributed by atoms with Crippen molar-refractivity contribution < 1.29 is 14.4 Å². The lowest BCUT2D eigenvalue weighted by Crippen LogP contribution is -2.33. The van der Waals surface area contributed by atoms with E-state index < -0.39 is 11.8 Å². The van der Waals surface area contributed by atoms with Crippen LogP contribution in [0.1, 0.15) is 57.8 Å². The van der Waals surface area contributed by atoms with Crippen molar-refractivity contribution in [2.75, 3.05) is 4.90 Å².